The van der Waals surface area contributed by atoms with E-state index in [9.17, 15) is 4.79 Å². The molecule has 4 N–H and O–H groups in total. The van der Waals surface area contributed by atoms with Crippen molar-refractivity contribution in [2.45, 2.75) is 32.4 Å². The van der Waals surface area contributed by atoms with Crippen LogP contribution >= 0.6 is 0 Å². The molecule has 1 aromatic carbocycles. The van der Waals surface area contributed by atoms with Gasteiger partial charge in [-0.2, -0.15) is 0 Å². The van der Waals surface area contributed by atoms with Gasteiger partial charge in [0.15, 0.2) is 11.7 Å². The fraction of sp³-hybridized carbons (Fsp3) is 0.400. The first-order chi connectivity index (χ1) is 13.2. The molecule has 3 rings (SSSR count). The number of nitrogens with one attached hydrogen (secondary N) is 2. The standard InChI is InChI=1S/C20H27N5O2/c1-2-25-10-4-8-17(25)14-23-20(21)22-13-15-6-3-7-16(12-15)24-19(26)18-9-5-11-27-18/h3,5-7,9,11-12,17H,2,4,8,10,13-14H2,1H3,(H,24,26)(H3,21,22,23). The summed E-state index contributed by atoms with van der Waals surface area (Å²) in [6.07, 6.45) is 3.92. The fourth-order valence-electron chi connectivity index (χ4n) is 3.35. The maximum Gasteiger partial charge on any atom is 0.291 e. The number of hydrogen-bond donors (Lipinski definition) is 3. The second-order valence-corrected chi connectivity index (χ2v) is 6.64. The molecule has 1 saturated heterocycles. The number of benzene rings is 1. The summed E-state index contributed by atoms with van der Waals surface area (Å²) in [6.45, 7) is 5.69. The second-order valence-electron chi connectivity index (χ2n) is 6.64. The van der Waals surface area contributed by atoms with E-state index in [4.69, 9.17) is 10.2 Å². The lowest BCUT2D eigenvalue weighted by Gasteiger charge is -2.23. The second kappa shape index (κ2) is 9.23. The van der Waals surface area contributed by atoms with Crippen molar-refractivity contribution in [3.05, 3.63) is 54.0 Å². The van der Waals surface area contributed by atoms with E-state index < -0.39 is 0 Å². The molecule has 1 aliphatic rings. The van der Waals surface area contributed by atoms with Gasteiger partial charge in [-0.1, -0.05) is 19.1 Å². The van der Waals surface area contributed by atoms with Crippen molar-refractivity contribution >= 4 is 17.6 Å². The molecular weight excluding hydrogens is 342 g/mol. The summed E-state index contributed by atoms with van der Waals surface area (Å²) < 4.78 is 5.10. The number of furan rings is 1. The first-order valence-corrected chi connectivity index (χ1v) is 9.37. The first-order valence-electron chi connectivity index (χ1n) is 9.37. The van der Waals surface area contributed by atoms with E-state index in [0.717, 1.165) is 25.2 Å². The molecule has 7 heteroatoms. The van der Waals surface area contributed by atoms with Gasteiger partial charge in [0, 0.05) is 18.3 Å². The molecule has 0 radical (unpaired) electrons. The van der Waals surface area contributed by atoms with Gasteiger partial charge < -0.3 is 20.8 Å². The van der Waals surface area contributed by atoms with E-state index >= 15 is 0 Å². The van der Waals surface area contributed by atoms with Gasteiger partial charge in [0.05, 0.1) is 12.8 Å². The molecule has 1 fully saturated rings. The van der Waals surface area contributed by atoms with Gasteiger partial charge >= 0.3 is 0 Å². The number of hydrogen-bond acceptors (Lipinski definition) is 4. The average molecular weight is 369 g/mol. The highest BCUT2D eigenvalue weighted by Gasteiger charge is 2.22. The Hall–Kier alpha value is -2.80. The highest BCUT2D eigenvalue weighted by Crippen LogP contribution is 2.16. The number of aliphatic imine (C=N–C) groups is 1. The lowest BCUT2D eigenvalue weighted by atomic mass is 10.2. The molecule has 144 valence electrons. The number of guanidine groups is 1. The Balaban J connectivity index is 1.51. The molecule has 0 aliphatic carbocycles. The largest absolute Gasteiger partial charge is 0.459 e. The Morgan fingerprint density at radius 2 is 2.26 bits per heavy atom. The lowest BCUT2D eigenvalue weighted by molar-refractivity contribution is 0.0996. The lowest BCUT2D eigenvalue weighted by Crippen LogP contribution is -2.42. The van der Waals surface area contributed by atoms with Crippen LogP contribution in [0, 0.1) is 0 Å². The summed E-state index contributed by atoms with van der Waals surface area (Å²) >= 11 is 0. The number of rotatable bonds is 7. The topological polar surface area (TPSA) is 95.9 Å². The van der Waals surface area contributed by atoms with Crippen molar-refractivity contribution in [1.82, 2.24) is 10.2 Å². The summed E-state index contributed by atoms with van der Waals surface area (Å²) in [6, 6.07) is 11.4. The van der Waals surface area contributed by atoms with Gasteiger partial charge in [0.25, 0.3) is 5.91 Å². The van der Waals surface area contributed by atoms with Gasteiger partial charge in [-0.05, 0) is 55.8 Å². The van der Waals surface area contributed by atoms with Crippen LogP contribution in [0.5, 0.6) is 0 Å². The van der Waals surface area contributed by atoms with Gasteiger partial charge in [-0.3, -0.25) is 9.69 Å². The molecule has 1 unspecified atom stereocenters. The van der Waals surface area contributed by atoms with Crippen LogP contribution in [-0.2, 0) is 6.54 Å². The van der Waals surface area contributed by atoms with Crippen molar-refractivity contribution in [1.29, 1.82) is 0 Å². The molecule has 1 amide bonds. The van der Waals surface area contributed by atoms with Gasteiger partial charge in [0.2, 0.25) is 0 Å². The Morgan fingerprint density at radius 1 is 1.37 bits per heavy atom. The third-order valence-electron chi connectivity index (χ3n) is 4.79. The van der Waals surface area contributed by atoms with Gasteiger partial charge in [-0.15, -0.1) is 0 Å². The molecule has 2 aromatic rings. The molecule has 2 heterocycles. The van der Waals surface area contributed by atoms with E-state index in [-0.39, 0.29) is 11.7 Å². The number of likely N-dealkylation sites (N-methyl/N-ethyl adjacent to an activating group) is 1. The molecule has 27 heavy (non-hydrogen) atoms. The van der Waals surface area contributed by atoms with Crippen LogP contribution in [0.3, 0.4) is 0 Å². The minimum absolute atomic E-state index is 0.278. The van der Waals surface area contributed by atoms with Crippen LogP contribution in [-0.4, -0.2) is 42.4 Å². The van der Waals surface area contributed by atoms with Crippen LogP contribution in [0.1, 0.15) is 35.9 Å². The molecule has 0 bridgehead atoms. The molecule has 1 aliphatic heterocycles. The van der Waals surface area contributed by atoms with E-state index in [2.05, 4.69) is 27.4 Å². The zero-order chi connectivity index (χ0) is 19.1. The number of amides is 1. The summed E-state index contributed by atoms with van der Waals surface area (Å²) in [5, 5.41) is 6.04. The average Bonchev–Trinajstić information content (AvgIpc) is 3.36. The maximum absolute atomic E-state index is 12.0. The van der Waals surface area contributed by atoms with Crippen LogP contribution in [0.15, 0.2) is 52.1 Å². The molecule has 7 nitrogen and oxygen atoms in total. The van der Waals surface area contributed by atoms with Crippen molar-refractivity contribution in [3.63, 3.8) is 0 Å². The normalized spacial score (nSPS) is 17.8. The fourth-order valence-corrected chi connectivity index (χ4v) is 3.35. The Morgan fingerprint density at radius 3 is 3.04 bits per heavy atom. The minimum atomic E-state index is -0.279. The highest BCUT2D eigenvalue weighted by molar-refractivity contribution is 6.02. The number of likely N-dealkylation sites (tertiary alicyclic amines) is 1. The van der Waals surface area contributed by atoms with E-state index in [1.807, 2.05) is 24.3 Å². The summed E-state index contributed by atoms with van der Waals surface area (Å²) in [4.78, 5) is 18.9. The Kier molecular flexibility index (Phi) is 6.49. The molecule has 0 saturated carbocycles. The van der Waals surface area contributed by atoms with E-state index in [0.29, 0.717) is 24.2 Å². The van der Waals surface area contributed by atoms with Crippen LogP contribution < -0.4 is 16.4 Å². The number of anilines is 1. The van der Waals surface area contributed by atoms with Gasteiger partial charge in [-0.25, -0.2) is 4.99 Å². The Bertz CT molecular complexity index is 772. The SMILES string of the molecule is CCN1CCCC1CNC(N)=NCc1cccc(NC(=O)c2ccco2)c1. The minimum Gasteiger partial charge on any atom is -0.459 e. The quantitative estimate of drug-likeness (QED) is 0.514. The zero-order valence-corrected chi connectivity index (χ0v) is 15.6. The van der Waals surface area contributed by atoms with Gasteiger partial charge in [0.1, 0.15) is 0 Å². The third-order valence-corrected chi connectivity index (χ3v) is 4.79. The number of carbonyl (C=O) groups is 1. The summed E-state index contributed by atoms with van der Waals surface area (Å²) in [5.74, 6) is 0.446. The predicted octanol–water partition coefficient (Wildman–Crippen LogP) is 2.42. The predicted molar refractivity (Wildman–Crippen MR) is 107 cm³/mol. The van der Waals surface area contributed by atoms with Crippen molar-refractivity contribution in [3.8, 4) is 0 Å². The summed E-state index contributed by atoms with van der Waals surface area (Å²) in [5.41, 5.74) is 7.67. The number of nitrogens with two attached hydrogens (primary N) is 1. The summed E-state index contributed by atoms with van der Waals surface area (Å²) in [7, 11) is 0. The molecular formula is C20H27N5O2. The number of carbonyl (C=O) groups excluding carboxylic acids is 1. The first kappa shape index (κ1) is 19.0. The molecule has 0 spiro atoms. The van der Waals surface area contributed by atoms with Crippen LogP contribution in [0.2, 0.25) is 0 Å². The zero-order valence-electron chi connectivity index (χ0n) is 15.6. The van der Waals surface area contributed by atoms with E-state index in [1.54, 1.807) is 12.1 Å². The number of nitrogens with zero attached hydrogens (tertiary/aromatic N) is 2. The monoisotopic (exact) mass is 369 g/mol. The van der Waals surface area contributed by atoms with Crippen LogP contribution in [0.4, 0.5) is 5.69 Å². The van der Waals surface area contributed by atoms with Crippen molar-refractivity contribution in [2.24, 2.45) is 10.7 Å². The third kappa shape index (κ3) is 5.34. The Labute approximate surface area is 159 Å². The van der Waals surface area contributed by atoms with Crippen LogP contribution in [0.25, 0.3) is 0 Å². The smallest absolute Gasteiger partial charge is 0.291 e. The maximum atomic E-state index is 12.0. The van der Waals surface area contributed by atoms with Crippen molar-refractivity contribution < 1.29 is 9.21 Å². The van der Waals surface area contributed by atoms with E-state index in [1.165, 1.54) is 19.1 Å². The molecule has 1 aromatic heterocycles. The molecule has 1 atom stereocenters. The van der Waals surface area contributed by atoms with Crippen molar-refractivity contribution in [2.75, 3.05) is 25.0 Å². The highest BCUT2D eigenvalue weighted by atomic mass is 16.3.